The molecule has 0 saturated heterocycles. The first-order chi connectivity index (χ1) is 7.22. The minimum atomic E-state index is -0.366. The lowest BCUT2D eigenvalue weighted by Crippen LogP contribution is -2.40. The van der Waals surface area contributed by atoms with Gasteiger partial charge in [0.2, 0.25) is 5.91 Å². The number of nitrogens with two attached hydrogens (primary N) is 1. The molecule has 15 heavy (non-hydrogen) atoms. The molecule has 0 aromatic heterocycles. The van der Waals surface area contributed by atoms with Crippen molar-refractivity contribution in [1.82, 2.24) is 5.32 Å². The summed E-state index contributed by atoms with van der Waals surface area (Å²) < 4.78 is 0. The van der Waals surface area contributed by atoms with E-state index in [0.29, 0.717) is 6.54 Å². The Morgan fingerprint density at radius 2 is 2.00 bits per heavy atom. The third-order valence-electron chi connectivity index (χ3n) is 1.95. The van der Waals surface area contributed by atoms with Gasteiger partial charge >= 0.3 is 0 Å². The van der Waals surface area contributed by atoms with Crippen LogP contribution in [-0.2, 0) is 4.79 Å². The van der Waals surface area contributed by atoms with Gasteiger partial charge in [-0.05, 0) is 12.8 Å². The number of nitrogens with one attached hydrogen (secondary N) is 1. The maximum atomic E-state index is 11.3. The zero-order valence-corrected chi connectivity index (χ0v) is 9.70. The highest BCUT2D eigenvalue weighted by atomic mass is 16.2. The fourth-order valence-corrected chi connectivity index (χ4v) is 1.09. The smallest absolute Gasteiger partial charge is 0.237 e. The third-order valence-corrected chi connectivity index (χ3v) is 1.95. The van der Waals surface area contributed by atoms with Crippen LogP contribution in [0.1, 0.15) is 33.1 Å². The summed E-state index contributed by atoms with van der Waals surface area (Å²) in [5.74, 6) is -0.0685. The second-order valence-corrected chi connectivity index (χ2v) is 3.40. The van der Waals surface area contributed by atoms with Crippen molar-refractivity contribution >= 4 is 5.91 Å². The fourth-order valence-electron chi connectivity index (χ4n) is 1.09. The molecule has 0 spiro atoms. The van der Waals surface area contributed by atoms with Crippen LogP contribution < -0.4 is 11.1 Å². The van der Waals surface area contributed by atoms with Gasteiger partial charge in [-0.2, -0.15) is 0 Å². The molecule has 0 heterocycles. The van der Waals surface area contributed by atoms with Crippen LogP contribution in [0.5, 0.6) is 0 Å². The predicted molar refractivity (Wildman–Crippen MR) is 64.5 cm³/mol. The largest absolute Gasteiger partial charge is 0.351 e. The average Bonchev–Trinajstić information content (AvgIpc) is 2.23. The Hall–Kier alpha value is -1.09. The molecular weight excluding hydrogens is 188 g/mol. The number of allylic oxidation sites excluding steroid dienone is 3. The van der Waals surface area contributed by atoms with Gasteiger partial charge in [0.25, 0.3) is 0 Å². The van der Waals surface area contributed by atoms with Gasteiger partial charge in [-0.15, -0.1) is 0 Å². The van der Waals surface area contributed by atoms with Crippen LogP contribution in [0.3, 0.4) is 0 Å². The molecule has 0 saturated carbocycles. The first-order valence-corrected chi connectivity index (χ1v) is 5.57. The van der Waals surface area contributed by atoms with Gasteiger partial charge in [-0.1, -0.05) is 44.6 Å². The minimum absolute atomic E-state index is 0.0685. The molecule has 0 aliphatic carbocycles. The summed E-state index contributed by atoms with van der Waals surface area (Å²) in [7, 11) is 0. The second kappa shape index (κ2) is 9.46. The molecule has 0 aliphatic heterocycles. The molecule has 0 aliphatic rings. The normalized spacial score (nSPS) is 13.5. The molecule has 0 radical (unpaired) electrons. The van der Waals surface area contributed by atoms with E-state index in [9.17, 15) is 4.79 Å². The van der Waals surface area contributed by atoms with Crippen LogP contribution >= 0.6 is 0 Å². The molecule has 0 fully saturated rings. The van der Waals surface area contributed by atoms with Crippen molar-refractivity contribution < 1.29 is 4.79 Å². The Kier molecular flexibility index (Phi) is 8.78. The summed E-state index contributed by atoms with van der Waals surface area (Å²) in [6.07, 6.45) is 10.6. The maximum absolute atomic E-state index is 11.3. The Balaban J connectivity index is 3.62. The number of amides is 1. The van der Waals surface area contributed by atoms with E-state index in [4.69, 9.17) is 5.73 Å². The summed E-state index contributed by atoms with van der Waals surface area (Å²) in [6, 6.07) is -0.366. The van der Waals surface area contributed by atoms with Gasteiger partial charge in [0, 0.05) is 6.54 Å². The van der Waals surface area contributed by atoms with Crippen LogP contribution in [0.15, 0.2) is 24.3 Å². The number of rotatable bonds is 7. The van der Waals surface area contributed by atoms with E-state index in [1.807, 2.05) is 25.2 Å². The van der Waals surface area contributed by atoms with Gasteiger partial charge in [0.05, 0.1) is 6.04 Å². The Labute approximate surface area is 92.4 Å². The number of hydrogen-bond donors (Lipinski definition) is 2. The van der Waals surface area contributed by atoms with E-state index in [1.54, 1.807) is 0 Å². The molecule has 3 N–H and O–H groups in total. The SMILES string of the molecule is CCC=CC=CCNC(=O)[C@@H](N)CCC. The number of hydrogen-bond acceptors (Lipinski definition) is 2. The Morgan fingerprint density at radius 1 is 1.33 bits per heavy atom. The molecule has 3 heteroatoms. The molecule has 1 atom stereocenters. The first-order valence-electron chi connectivity index (χ1n) is 5.57. The summed E-state index contributed by atoms with van der Waals surface area (Å²) >= 11 is 0. The zero-order chi connectivity index (χ0) is 11.5. The molecule has 0 aromatic carbocycles. The summed E-state index contributed by atoms with van der Waals surface area (Å²) in [5.41, 5.74) is 5.64. The van der Waals surface area contributed by atoms with Crippen LogP contribution in [0.4, 0.5) is 0 Å². The van der Waals surface area contributed by atoms with Crippen LogP contribution in [0, 0.1) is 0 Å². The van der Waals surface area contributed by atoms with Crippen molar-refractivity contribution in [3.8, 4) is 0 Å². The van der Waals surface area contributed by atoms with E-state index in [2.05, 4.69) is 18.3 Å². The lowest BCUT2D eigenvalue weighted by Gasteiger charge is -2.09. The maximum Gasteiger partial charge on any atom is 0.237 e. The standard InChI is InChI=1S/C12H22N2O/c1-3-5-6-7-8-10-14-12(15)11(13)9-4-2/h5-8,11H,3-4,9-10,13H2,1-2H3,(H,14,15)/t11-/m0/s1. The van der Waals surface area contributed by atoms with Crippen LogP contribution in [0.25, 0.3) is 0 Å². The molecule has 86 valence electrons. The van der Waals surface area contributed by atoms with Crippen molar-refractivity contribution in [2.75, 3.05) is 6.54 Å². The number of carbonyl (C=O) groups excluding carboxylic acids is 1. The van der Waals surface area contributed by atoms with E-state index in [-0.39, 0.29) is 11.9 Å². The van der Waals surface area contributed by atoms with Crippen molar-refractivity contribution in [2.45, 2.75) is 39.2 Å². The third kappa shape index (κ3) is 7.94. The quantitative estimate of drug-likeness (QED) is 0.629. The van der Waals surface area contributed by atoms with E-state index in [0.717, 1.165) is 19.3 Å². The van der Waals surface area contributed by atoms with Crippen LogP contribution in [-0.4, -0.2) is 18.5 Å². The van der Waals surface area contributed by atoms with Crippen molar-refractivity contribution in [2.24, 2.45) is 5.73 Å². The van der Waals surface area contributed by atoms with Crippen molar-refractivity contribution in [1.29, 1.82) is 0 Å². The Bertz CT molecular complexity index is 222. The molecule has 0 aromatic rings. The van der Waals surface area contributed by atoms with Crippen molar-refractivity contribution in [3.63, 3.8) is 0 Å². The first kappa shape index (κ1) is 13.9. The second-order valence-electron chi connectivity index (χ2n) is 3.40. The monoisotopic (exact) mass is 210 g/mol. The molecule has 3 nitrogen and oxygen atoms in total. The number of carbonyl (C=O) groups is 1. The Morgan fingerprint density at radius 3 is 2.60 bits per heavy atom. The van der Waals surface area contributed by atoms with Crippen molar-refractivity contribution in [3.05, 3.63) is 24.3 Å². The van der Waals surface area contributed by atoms with Gasteiger partial charge in [-0.25, -0.2) is 0 Å². The predicted octanol–water partition coefficient (Wildman–Crippen LogP) is 1.75. The molecule has 1 amide bonds. The molecular formula is C12H22N2O. The van der Waals surface area contributed by atoms with Gasteiger partial charge in [0.15, 0.2) is 0 Å². The van der Waals surface area contributed by atoms with Gasteiger partial charge < -0.3 is 11.1 Å². The lowest BCUT2D eigenvalue weighted by molar-refractivity contribution is -0.122. The van der Waals surface area contributed by atoms with E-state index < -0.39 is 0 Å². The summed E-state index contributed by atoms with van der Waals surface area (Å²) in [5, 5.41) is 2.76. The highest BCUT2D eigenvalue weighted by Gasteiger charge is 2.09. The zero-order valence-electron chi connectivity index (χ0n) is 9.70. The van der Waals surface area contributed by atoms with Gasteiger partial charge in [0.1, 0.15) is 0 Å². The summed E-state index contributed by atoms with van der Waals surface area (Å²) in [4.78, 5) is 11.3. The minimum Gasteiger partial charge on any atom is -0.351 e. The highest BCUT2D eigenvalue weighted by Crippen LogP contribution is 1.92. The molecule has 0 unspecified atom stereocenters. The van der Waals surface area contributed by atoms with E-state index in [1.165, 1.54) is 0 Å². The van der Waals surface area contributed by atoms with Gasteiger partial charge in [-0.3, -0.25) is 4.79 Å². The molecule has 0 bridgehead atoms. The average molecular weight is 210 g/mol. The van der Waals surface area contributed by atoms with Crippen LogP contribution in [0.2, 0.25) is 0 Å². The van der Waals surface area contributed by atoms with E-state index >= 15 is 0 Å². The fraction of sp³-hybridized carbons (Fsp3) is 0.583. The lowest BCUT2D eigenvalue weighted by atomic mass is 10.2. The highest BCUT2D eigenvalue weighted by molar-refractivity contribution is 5.81. The summed E-state index contributed by atoms with van der Waals surface area (Å²) in [6.45, 7) is 4.64. The topological polar surface area (TPSA) is 55.1 Å². The molecule has 0 rings (SSSR count).